The molecule has 19 heavy (non-hydrogen) atoms. The number of nitrogens with one attached hydrogen (secondary N) is 1. The maximum Gasteiger partial charge on any atom is 0.325 e. The van der Waals surface area contributed by atoms with Crippen LogP contribution in [0.2, 0.25) is 0 Å². The van der Waals surface area contributed by atoms with Crippen LogP contribution in [0.25, 0.3) is 0 Å². The van der Waals surface area contributed by atoms with Gasteiger partial charge in [-0.15, -0.1) is 0 Å². The Labute approximate surface area is 108 Å². The third kappa shape index (κ3) is 4.62. The molecule has 0 unspecified atom stereocenters. The Hall–Kier alpha value is -2.64. The molecule has 2 N–H and O–H groups in total. The summed E-state index contributed by atoms with van der Waals surface area (Å²) in [5, 5.41) is 21.2. The molecule has 0 aliphatic carbocycles. The minimum atomic E-state index is -1.15. The fourth-order valence-corrected chi connectivity index (χ4v) is 1.16. The van der Waals surface area contributed by atoms with Gasteiger partial charge in [-0.05, 0) is 19.1 Å². The number of aliphatic carboxylic acids is 1. The molecule has 1 rings (SSSR count). The van der Waals surface area contributed by atoms with Gasteiger partial charge in [-0.3, -0.25) is 19.7 Å². The van der Waals surface area contributed by atoms with Gasteiger partial charge in [0.05, 0.1) is 4.92 Å². The molecule has 0 aliphatic heterocycles. The van der Waals surface area contributed by atoms with Crippen molar-refractivity contribution in [3.63, 3.8) is 0 Å². The Balaban J connectivity index is 2.46. The van der Waals surface area contributed by atoms with Crippen LogP contribution in [-0.4, -0.2) is 34.6 Å². The van der Waals surface area contributed by atoms with Crippen molar-refractivity contribution >= 4 is 17.6 Å². The molecule has 0 bridgehead atoms. The van der Waals surface area contributed by atoms with Gasteiger partial charge < -0.3 is 15.2 Å². The van der Waals surface area contributed by atoms with Crippen LogP contribution in [0.1, 0.15) is 6.92 Å². The van der Waals surface area contributed by atoms with E-state index in [9.17, 15) is 19.7 Å². The molecule has 8 nitrogen and oxygen atoms in total. The number of rotatable bonds is 6. The third-order valence-corrected chi connectivity index (χ3v) is 2.17. The number of benzene rings is 1. The number of carboxylic acid groups (broad SMARTS) is 1. The van der Waals surface area contributed by atoms with E-state index in [-0.39, 0.29) is 18.0 Å². The molecule has 0 fully saturated rings. The Morgan fingerprint density at radius 3 is 2.47 bits per heavy atom. The second-order valence-electron chi connectivity index (χ2n) is 3.67. The van der Waals surface area contributed by atoms with Gasteiger partial charge in [0.15, 0.2) is 6.61 Å². The van der Waals surface area contributed by atoms with Crippen molar-refractivity contribution in [2.45, 2.75) is 13.0 Å². The molecule has 0 spiro atoms. The van der Waals surface area contributed by atoms with Crippen LogP contribution >= 0.6 is 0 Å². The van der Waals surface area contributed by atoms with Crippen LogP contribution in [-0.2, 0) is 9.59 Å². The number of carbonyl (C=O) groups is 2. The molecule has 0 aliphatic rings. The van der Waals surface area contributed by atoms with Crippen molar-refractivity contribution in [1.82, 2.24) is 5.32 Å². The normalized spacial score (nSPS) is 11.4. The summed E-state index contributed by atoms with van der Waals surface area (Å²) in [5.41, 5.74) is -0.0868. The van der Waals surface area contributed by atoms with E-state index in [2.05, 4.69) is 5.32 Å². The maximum absolute atomic E-state index is 11.3. The number of non-ortho nitro benzene ring substituents is 1. The zero-order valence-corrected chi connectivity index (χ0v) is 10.0. The SMILES string of the molecule is C[C@H](NC(=O)COc1ccc([N+](=O)[O-])cc1)C(=O)O. The van der Waals surface area contributed by atoms with Crippen LogP contribution < -0.4 is 10.1 Å². The first-order valence-electron chi connectivity index (χ1n) is 5.29. The lowest BCUT2D eigenvalue weighted by atomic mass is 10.3. The molecule has 1 amide bonds. The van der Waals surface area contributed by atoms with Gasteiger partial charge >= 0.3 is 5.97 Å². The van der Waals surface area contributed by atoms with Crippen LogP contribution in [0.3, 0.4) is 0 Å². The largest absolute Gasteiger partial charge is 0.484 e. The monoisotopic (exact) mass is 268 g/mol. The van der Waals surface area contributed by atoms with Crippen molar-refractivity contribution in [2.24, 2.45) is 0 Å². The fraction of sp³-hybridized carbons (Fsp3) is 0.273. The number of carboxylic acids is 1. The zero-order chi connectivity index (χ0) is 14.4. The Morgan fingerprint density at radius 2 is 2.00 bits per heavy atom. The van der Waals surface area contributed by atoms with Crippen LogP contribution in [0.4, 0.5) is 5.69 Å². The topological polar surface area (TPSA) is 119 Å². The smallest absolute Gasteiger partial charge is 0.325 e. The molecule has 0 heterocycles. The highest BCUT2D eigenvalue weighted by molar-refractivity contribution is 5.84. The lowest BCUT2D eigenvalue weighted by Crippen LogP contribution is -2.40. The number of nitrogens with zero attached hydrogens (tertiary/aromatic N) is 1. The zero-order valence-electron chi connectivity index (χ0n) is 10.0. The van der Waals surface area contributed by atoms with E-state index in [1.165, 1.54) is 31.2 Å². The number of amides is 1. The summed E-state index contributed by atoms with van der Waals surface area (Å²) in [6.07, 6.45) is 0. The third-order valence-electron chi connectivity index (χ3n) is 2.17. The fourth-order valence-electron chi connectivity index (χ4n) is 1.16. The first-order chi connectivity index (χ1) is 8.90. The molecular weight excluding hydrogens is 256 g/mol. The molecule has 8 heteroatoms. The first-order valence-corrected chi connectivity index (χ1v) is 5.29. The van der Waals surface area contributed by atoms with Crippen molar-refractivity contribution < 1.29 is 24.4 Å². The Kier molecular flexibility index (Phi) is 4.81. The van der Waals surface area contributed by atoms with E-state index in [1.54, 1.807) is 0 Å². The minimum Gasteiger partial charge on any atom is -0.484 e. The average molecular weight is 268 g/mol. The molecule has 0 aromatic heterocycles. The number of carbonyl (C=O) groups excluding carboxylic acids is 1. The lowest BCUT2D eigenvalue weighted by molar-refractivity contribution is -0.384. The molecule has 0 saturated heterocycles. The number of nitro benzene ring substituents is 1. The lowest BCUT2D eigenvalue weighted by Gasteiger charge is -2.10. The Morgan fingerprint density at radius 1 is 1.42 bits per heavy atom. The second kappa shape index (κ2) is 6.34. The molecule has 1 aromatic rings. The van der Waals surface area contributed by atoms with E-state index >= 15 is 0 Å². The van der Waals surface area contributed by atoms with Crippen LogP contribution in [0.15, 0.2) is 24.3 Å². The van der Waals surface area contributed by atoms with Gasteiger partial charge in [0, 0.05) is 12.1 Å². The Bertz CT molecular complexity index is 484. The van der Waals surface area contributed by atoms with Crippen LogP contribution in [0.5, 0.6) is 5.75 Å². The number of ether oxygens (including phenoxy) is 1. The quantitative estimate of drug-likeness (QED) is 0.574. The highest BCUT2D eigenvalue weighted by Gasteiger charge is 2.14. The van der Waals surface area contributed by atoms with Gasteiger partial charge in [0.1, 0.15) is 11.8 Å². The van der Waals surface area contributed by atoms with E-state index in [4.69, 9.17) is 9.84 Å². The van der Waals surface area contributed by atoms with Crippen molar-refractivity contribution in [2.75, 3.05) is 6.61 Å². The minimum absolute atomic E-state index is 0.0868. The predicted molar refractivity (Wildman–Crippen MR) is 63.8 cm³/mol. The predicted octanol–water partition coefficient (Wildman–Crippen LogP) is 0.563. The molecular formula is C11H12N2O6. The van der Waals surface area contributed by atoms with Gasteiger partial charge in [-0.25, -0.2) is 0 Å². The van der Waals surface area contributed by atoms with Gasteiger partial charge in [0.2, 0.25) is 0 Å². The van der Waals surface area contributed by atoms with Crippen molar-refractivity contribution in [3.8, 4) is 5.75 Å². The van der Waals surface area contributed by atoms with Crippen molar-refractivity contribution in [1.29, 1.82) is 0 Å². The van der Waals surface area contributed by atoms with E-state index < -0.39 is 22.8 Å². The summed E-state index contributed by atoms with van der Waals surface area (Å²) in [5.74, 6) is -1.46. The van der Waals surface area contributed by atoms with E-state index in [0.29, 0.717) is 0 Å². The van der Waals surface area contributed by atoms with Gasteiger partial charge in [0.25, 0.3) is 11.6 Å². The van der Waals surface area contributed by atoms with E-state index in [1.807, 2.05) is 0 Å². The maximum atomic E-state index is 11.3. The molecule has 0 saturated carbocycles. The summed E-state index contributed by atoms with van der Waals surface area (Å²) in [6, 6.07) is 4.19. The van der Waals surface area contributed by atoms with Crippen LogP contribution in [0, 0.1) is 10.1 Å². The summed E-state index contributed by atoms with van der Waals surface area (Å²) in [7, 11) is 0. The first kappa shape index (κ1) is 14.4. The standard InChI is InChI=1S/C11H12N2O6/c1-7(11(15)16)12-10(14)6-19-9-4-2-8(3-5-9)13(17)18/h2-5,7H,6H2,1H3,(H,12,14)(H,15,16)/t7-/m0/s1. The summed E-state index contributed by atoms with van der Waals surface area (Å²) in [4.78, 5) is 31.6. The summed E-state index contributed by atoms with van der Waals surface area (Å²) < 4.78 is 5.06. The number of nitro groups is 1. The summed E-state index contributed by atoms with van der Waals surface area (Å²) in [6.45, 7) is 0.960. The molecule has 1 aromatic carbocycles. The molecule has 0 radical (unpaired) electrons. The molecule has 1 atom stereocenters. The second-order valence-corrected chi connectivity index (χ2v) is 3.67. The van der Waals surface area contributed by atoms with E-state index in [0.717, 1.165) is 0 Å². The highest BCUT2D eigenvalue weighted by atomic mass is 16.6. The van der Waals surface area contributed by atoms with Crippen molar-refractivity contribution in [3.05, 3.63) is 34.4 Å². The summed E-state index contributed by atoms with van der Waals surface area (Å²) >= 11 is 0. The molecule has 102 valence electrons. The number of hydrogen-bond acceptors (Lipinski definition) is 5. The average Bonchev–Trinajstić information content (AvgIpc) is 2.36. The number of hydrogen-bond donors (Lipinski definition) is 2. The highest BCUT2D eigenvalue weighted by Crippen LogP contribution is 2.16. The van der Waals surface area contributed by atoms with Gasteiger partial charge in [-0.1, -0.05) is 0 Å². The van der Waals surface area contributed by atoms with Gasteiger partial charge in [-0.2, -0.15) is 0 Å².